The second-order valence-corrected chi connectivity index (χ2v) is 14.7. The van der Waals surface area contributed by atoms with Crippen LogP contribution in [0.25, 0.3) is 127 Å². The SMILES string of the molecule is c1ccc(-c2cccc3oc4cc(-c5nc(-c6ccc7c(c6)oc6ccccc67)nc(-n6c7ccccc7c7c8c(ccc76)oc6ccccc68)n5)ccc4c23)cc1. The Labute approximate surface area is 329 Å². The zero-order chi connectivity index (χ0) is 37.9. The topological polar surface area (TPSA) is 83.0 Å². The molecule has 0 aliphatic heterocycles. The number of rotatable bonds is 4. The van der Waals surface area contributed by atoms with Gasteiger partial charge in [-0.2, -0.15) is 9.97 Å². The molecule has 5 aromatic heterocycles. The summed E-state index contributed by atoms with van der Waals surface area (Å²) < 4.78 is 21.4. The zero-order valence-electron chi connectivity index (χ0n) is 30.7. The Morgan fingerprint density at radius 1 is 0.328 bits per heavy atom. The molecule has 270 valence electrons. The molecule has 58 heavy (non-hydrogen) atoms. The average molecular weight is 745 g/mol. The van der Waals surface area contributed by atoms with Crippen LogP contribution in [0.2, 0.25) is 0 Å². The van der Waals surface area contributed by atoms with Gasteiger partial charge in [0.2, 0.25) is 5.95 Å². The lowest BCUT2D eigenvalue weighted by molar-refractivity contribution is 0.668. The minimum atomic E-state index is 0.499. The molecule has 0 radical (unpaired) electrons. The molecule has 7 heteroatoms. The zero-order valence-corrected chi connectivity index (χ0v) is 30.7. The Balaban J connectivity index is 1.07. The third kappa shape index (κ3) is 4.46. The van der Waals surface area contributed by atoms with Crippen molar-refractivity contribution >= 4 is 87.6 Å². The summed E-state index contributed by atoms with van der Waals surface area (Å²) in [4.78, 5) is 15.7. The second kappa shape index (κ2) is 11.7. The molecule has 0 N–H and O–H groups in total. The van der Waals surface area contributed by atoms with Crippen molar-refractivity contribution in [2.24, 2.45) is 0 Å². The summed E-state index contributed by atoms with van der Waals surface area (Å²) in [6, 6.07) is 57.9. The van der Waals surface area contributed by atoms with Crippen LogP contribution < -0.4 is 0 Å². The fourth-order valence-corrected chi connectivity index (χ4v) is 8.90. The lowest BCUT2D eigenvalue weighted by Gasteiger charge is -2.11. The van der Waals surface area contributed by atoms with Crippen LogP contribution in [0, 0.1) is 0 Å². The Hall–Kier alpha value is -8.03. The molecule has 0 fully saturated rings. The minimum Gasteiger partial charge on any atom is -0.456 e. The summed E-state index contributed by atoms with van der Waals surface area (Å²) in [6.07, 6.45) is 0. The molecule has 0 spiro atoms. The largest absolute Gasteiger partial charge is 0.456 e. The highest BCUT2D eigenvalue weighted by Gasteiger charge is 2.22. The number of aromatic nitrogens is 4. The summed E-state index contributed by atoms with van der Waals surface area (Å²) in [5, 5.41) is 8.52. The van der Waals surface area contributed by atoms with Gasteiger partial charge in [-0.1, -0.05) is 109 Å². The summed E-state index contributed by atoms with van der Waals surface area (Å²) in [5.74, 6) is 1.55. The molecule has 0 aliphatic rings. The highest BCUT2D eigenvalue weighted by atomic mass is 16.3. The Kier molecular flexibility index (Phi) is 6.32. The van der Waals surface area contributed by atoms with E-state index in [1.807, 2.05) is 66.7 Å². The van der Waals surface area contributed by atoms with Gasteiger partial charge in [-0.05, 0) is 71.8 Å². The molecular formula is C51H28N4O3. The summed E-state index contributed by atoms with van der Waals surface area (Å²) in [6.45, 7) is 0. The van der Waals surface area contributed by atoms with Crippen molar-refractivity contribution in [3.63, 3.8) is 0 Å². The van der Waals surface area contributed by atoms with Crippen molar-refractivity contribution in [2.75, 3.05) is 0 Å². The summed E-state index contributed by atoms with van der Waals surface area (Å²) >= 11 is 0. The molecule has 0 bridgehead atoms. The number of nitrogens with zero attached hydrogens (tertiary/aromatic N) is 4. The predicted octanol–water partition coefficient (Wildman–Crippen LogP) is 13.7. The van der Waals surface area contributed by atoms with E-state index >= 15 is 0 Å². The van der Waals surface area contributed by atoms with Gasteiger partial charge in [0, 0.05) is 54.2 Å². The molecule has 0 amide bonds. The molecule has 0 saturated heterocycles. The fraction of sp³-hybridized carbons (Fsp3) is 0. The summed E-state index contributed by atoms with van der Waals surface area (Å²) in [7, 11) is 0. The van der Waals surface area contributed by atoms with Crippen molar-refractivity contribution in [1.29, 1.82) is 0 Å². The minimum absolute atomic E-state index is 0.499. The number of hydrogen-bond acceptors (Lipinski definition) is 6. The van der Waals surface area contributed by atoms with Gasteiger partial charge in [-0.15, -0.1) is 0 Å². The van der Waals surface area contributed by atoms with Crippen LogP contribution in [0.5, 0.6) is 0 Å². The van der Waals surface area contributed by atoms with Crippen LogP contribution in [-0.4, -0.2) is 19.5 Å². The van der Waals surface area contributed by atoms with Crippen LogP contribution in [0.15, 0.2) is 183 Å². The lowest BCUT2D eigenvalue weighted by Crippen LogP contribution is -2.06. The van der Waals surface area contributed by atoms with Gasteiger partial charge in [-0.3, -0.25) is 4.57 Å². The van der Waals surface area contributed by atoms with Gasteiger partial charge in [-0.25, -0.2) is 4.98 Å². The molecule has 7 nitrogen and oxygen atoms in total. The Morgan fingerprint density at radius 2 is 0.897 bits per heavy atom. The lowest BCUT2D eigenvalue weighted by atomic mass is 9.99. The molecule has 0 saturated carbocycles. The maximum absolute atomic E-state index is 6.56. The third-order valence-electron chi connectivity index (χ3n) is 11.5. The van der Waals surface area contributed by atoms with Crippen LogP contribution in [0.3, 0.4) is 0 Å². The number of furan rings is 3. The fourth-order valence-electron chi connectivity index (χ4n) is 8.90. The average Bonchev–Trinajstić information content (AvgIpc) is 4.04. The molecule has 8 aromatic carbocycles. The second-order valence-electron chi connectivity index (χ2n) is 14.7. The first-order valence-electron chi connectivity index (χ1n) is 19.3. The van der Waals surface area contributed by atoms with Gasteiger partial charge >= 0.3 is 0 Å². The van der Waals surface area contributed by atoms with E-state index in [1.165, 1.54) is 0 Å². The van der Waals surface area contributed by atoms with Crippen LogP contribution in [0.1, 0.15) is 0 Å². The van der Waals surface area contributed by atoms with Crippen LogP contribution in [0.4, 0.5) is 0 Å². The summed E-state index contributed by atoms with van der Waals surface area (Å²) in [5.41, 5.74) is 10.7. The van der Waals surface area contributed by atoms with Crippen molar-refractivity contribution < 1.29 is 13.3 Å². The number of benzene rings is 8. The highest BCUT2D eigenvalue weighted by molar-refractivity contribution is 6.27. The van der Waals surface area contributed by atoms with Crippen LogP contribution >= 0.6 is 0 Å². The maximum atomic E-state index is 6.56. The normalized spacial score (nSPS) is 12.1. The van der Waals surface area contributed by atoms with Gasteiger partial charge < -0.3 is 13.3 Å². The first-order valence-corrected chi connectivity index (χ1v) is 19.3. The first-order chi connectivity index (χ1) is 28.7. The molecule has 13 rings (SSSR count). The Bertz CT molecular complexity index is 3810. The van der Waals surface area contributed by atoms with E-state index in [4.69, 9.17) is 28.2 Å². The molecule has 0 aliphatic carbocycles. The first kappa shape index (κ1) is 31.2. The molecular weight excluding hydrogens is 717 g/mol. The van der Waals surface area contributed by atoms with Gasteiger partial charge in [0.25, 0.3) is 0 Å². The van der Waals surface area contributed by atoms with E-state index in [0.717, 1.165) is 110 Å². The van der Waals surface area contributed by atoms with E-state index in [9.17, 15) is 0 Å². The highest BCUT2D eigenvalue weighted by Crippen LogP contribution is 2.42. The van der Waals surface area contributed by atoms with E-state index in [1.54, 1.807) is 0 Å². The van der Waals surface area contributed by atoms with Crippen molar-refractivity contribution in [3.8, 4) is 39.9 Å². The van der Waals surface area contributed by atoms with Crippen LogP contribution in [-0.2, 0) is 0 Å². The van der Waals surface area contributed by atoms with E-state index in [-0.39, 0.29) is 0 Å². The smallest absolute Gasteiger partial charge is 0.238 e. The number of fused-ring (bicyclic) bond motifs is 13. The molecule has 5 heterocycles. The Morgan fingerprint density at radius 3 is 1.71 bits per heavy atom. The molecule has 0 unspecified atom stereocenters. The maximum Gasteiger partial charge on any atom is 0.238 e. The van der Waals surface area contributed by atoms with Crippen molar-refractivity contribution in [3.05, 3.63) is 170 Å². The van der Waals surface area contributed by atoms with Crippen molar-refractivity contribution in [1.82, 2.24) is 19.5 Å². The standard InChI is InChI=1S/C51H28N4O3/c1-2-11-29(12-3-1)32-16-10-20-42-46(32)37-24-22-31(28-45(37)58-42)50-52-49(30-21-23-34-33-13-5-8-18-40(33)57-44(34)27-30)53-51(54-50)55-38-17-7-4-14-35(38)47-39(55)25-26-43-48(47)36-15-6-9-19-41(36)56-43/h1-28H. The predicted molar refractivity (Wildman–Crippen MR) is 232 cm³/mol. The number of para-hydroxylation sites is 3. The molecule has 0 atom stereocenters. The van der Waals surface area contributed by atoms with E-state index in [2.05, 4.69) is 108 Å². The van der Waals surface area contributed by atoms with Crippen molar-refractivity contribution in [2.45, 2.75) is 0 Å². The third-order valence-corrected chi connectivity index (χ3v) is 11.5. The van der Waals surface area contributed by atoms with Gasteiger partial charge in [0.15, 0.2) is 11.6 Å². The van der Waals surface area contributed by atoms with E-state index in [0.29, 0.717) is 17.6 Å². The monoisotopic (exact) mass is 744 g/mol. The van der Waals surface area contributed by atoms with E-state index < -0.39 is 0 Å². The van der Waals surface area contributed by atoms with Gasteiger partial charge in [0.05, 0.1) is 11.0 Å². The quantitative estimate of drug-likeness (QED) is 0.178. The van der Waals surface area contributed by atoms with Gasteiger partial charge in [0.1, 0.15) is 33.5 Å². The number of hydrogen-bond donors (Lipinski definition) is 0. The molecule has 13 aromatic rings.